The minimum atomic E-state index is 0.0254. The Kier molecular flexibility index (Phi) is 6.79. The van der Waals surface area contributed by atoms with E-state index < -0.39 is 0 Å². The standard InChI is InChI=1S/C15H23IN2O/c1-10(5-4-6-12(3)17)15(19)18-14-8-7-13(16)9-11(14)2/h7-10,12H,4-6,17H2,1-3H3,(H,18,19). The van der Waals surface area contributed by atoms with Crippen molar-refractivity contribution in [1.29, 1.82) is 0 Å². The molecule has 0 aliphatic heterocycles. The van der Waals surface area contributed by atoms with Gasteiger partial charge < -0.3 is 11.1 Å². The van der Waals surface area contributed by atoms with Gasteiger partial charge in [0.2, 0.25) is 5.91 Å². The molecule has 0 bridgehead atoms. The molecule has 1 aromatic rings. The maximum absolute atomic E-state index is 12.1. The van der Waals surface area contributed by atoms with Crippen LogP contribution < -0.4 is 11.1 Å². The van der Waals surface area contributed by atoms with Gasteiger partial charge in [-0.3, -0.25) is 4.79 Å². The van der Waals surface area contributed by atoms with Gasteiger partial charge in [0.05, 0.1) is 0 Å². The van der Waals surface area contributed by atoms with Crippen LogP contribution >= 0.6 is 22.6 Å². The van der Waals surface area contributed by atoms with Crippen molar-refractivity contribution in [2.75, 3.05) is 5.32 Å². The number of nitrogens with two attached hydrogens (primary N) is 1. The van der Waals surface area contributed by atoms with Gasteiger partial charge in [-0.2, -0.15) is 0 Å². The Morgan fingerprint density at radius 1 is 1.37 bits per heavy atom. The average Bonchev–Trinajstić information content (AvgIpc) is 2.32. The molecular weight excluding hydrogens is 351 g/mol. The molecule has 0 heterocycles. The van der Waals surface area contributed by atoms with Gasteiger partial charge in [0.1, 0.15) is 0 Å². The van der Waals surface area contributed by atoms with Crippen molar-refractivity contribution in [3.8, 4) is 0 Å². The lowest BCUT2D eigenvalue weighted by Gasteiger charge is -2.14. The molecule has 2 unspecified atom stereocenters. The van der Waals surface area contributed by atoms with Gasteiger partial charge in [0, 0.05) is 21.2 Å². The molecule has 3 N–H and O–H groups in total. The quantitative estimate of drug-likeness (QED) is 0.747. The summed E-state index contributed by atoms with van der Waals surface area (Å²) in [7, 11) is 0. The van der Waals surface area contributed by atoms with Crippen molar-refractivity contribution in [3.63, 3.8) is 0 Å². The third kappa shape index (κ3) is 5.91. The maximum Gasteiger partial charge on any atom is 0.227 e. The fourth-order valence-corrected chi connectivity index (χ4v) is 2.55. The van der Waals surface area contributed by atoms with Gasteiger partial charge in [0.15, 0.2) is 0 Å². The molecule has 1 rings (SSSR count). The van der Waals surface area contributed by atoms with Crippen LogP contribution in [0.2, 0.25) is 0 Å². The van der Waals surface area contributed by atoms with E-state index in [4.69, 9.17) is 5.73 Å². The highest BCUT2D eigenvalue weighted by Gasteiger charge is 2.13. The number of hydrogen-bond acceptors (Lipinski definition) is 2. The predicted octanol–water partition coefficient (Wildman–Crippen LogP) is 3.69. The van der Waals surface area contributed by atoms with E-state index in [0.717, 1.165) is 30.5 Å². The van der Waals surface area contributed by atoms with E-state index in [1.54, 1.807) is 0 Å². The van der Waals surface area contributed by atoms with Crippen LogP contribution in [0.3, 0.4) is 0 Å². The number of anilines is 1. The van der Waals surface area contributed by atoms with Crippen LogP contribution in [0.5, 0.6) is 0 Å². The molecule has 2 atom stereocenters. The number of carbonyl (C=O) groups excluding carboxylic acids is 1. The summed E-state index contributed by atoms with van der Waals surface area (Å²) in [5.41, 5.74) is 7.72. The molecule has 0 aromatic heterocycles. The van der Waals surface area contributed by atoms with E-state index >= 15 is 0 Å². The summed E-state index contributed by atoms with van der Waals surface area (Å²) >= 11 is 2.27. The molecule has 0 saturated heterocycles. The van der Waals surface area contributed by atoms with Crippen molar-refractivity contribution in [2.45, 2.75) is 46.1 Å². The number of aryl methyl sites for hydroxylation is 1. The van der Waals surface area contributed by atoms with Gasteiger partial charge in [-0.05, 0) is 73.0 Å². The Hall–Kier alpha value is -0.620. The van der Waals surface area contributed by atoms with Crippen LogP contribution in [0.15, 0.2) is 18.2 Å². The smallest absolute Gasteiger partial charge is 0.227 e. The summed E-state index contributed by atoms with van der Waals surface area (Å²) in [6, 6.07) is 6.25. The van der Waals surface area contributed by atoms with E-state index in [2.05, 4.69) is 34.0 Å². The Morgan fingerprint density at radius 3 is 2.63 bits per heavy atom. The SMILES string of the molecule is Cc1cc(I)ccc1NC(=O)C(C)CCCC(C)N. The number of halogens is 1. The van der Waals surface area contributed by atoms with E-state index in [1.807, 2.05) is 32.9 Å². The Bertz CT molecular complexity index is 432. The molecule has 1 amide bonds. The molecule has 4 heteroatoms. The van der Waals surface area contributed by atoms with E-state index in [0.29, 0.717) is 0 Å². The van der Waals surface area contributed by atoms with Crippen molar-refractivity contribution in [3.05, 3.63) is 27.3 Å². The van der Waals surface area contributed by atoms with Crippen molar-refractivity contribution in [2.24, 2.45) is 11.7 Å². The van der Waals surface area contributed by atoms with Crippen LogP contribution in [-0.2, 0) is 4.79 Å². The molecule has 0 radical (unpaired) electrons. The molecule has 3 nitrogen and oxygen atoms in total. The molecule has 0 saturated carbocycles. The lowest BCUT2D eigenvalue weighted by molar-refractivity contribution is -0.119. The zero-order valence-corrected chi connectivity index (χ0v) is 14.0. The number of nitrogens with one attached hydrogen (secondary N) is 1. The van der Waals surface area contributed by atoms with Crippen LogP contribution in [0.4, 0.5) is 5.69 Å². The third-order valence-corrected chi connectivity index (χ3v) is 3.86. The van der Waals surface area contributed by atoms with Crippen molar-refractivity contribution < 1.29 is 4.79 Å². The molecule has 0 fully saturated rings. The normalized spacial score (nSPS) is 13.9. The molecule has 0 aliphatic carbocycles. The molecule has 19 heavy (non-hydrogen) atoms. The van der Waals surface area contributed by atoms with Gasteiger partial charge in [-0.15, -0.1) is 0 Å². The van der Waals surface area contributed by atoms with Gasteiger partial charge in [-0.1, -0.05) is 13.3 Å². The fourth-order valence-electron chi connectivity index (χ4n) is 1.90. The lowest BCUT2D eigenvalue weighted by atomic mass is 10.0. The van der Waals surface area contributed by atoms with E-state index in [1.165, 1.54) is 3.57 Å². The topological polar surface area (TPSA) is 55.1 Å². The molecule has 0 spiro atoms. The highest BCUT2D eigenvalue weighted by atomic mass is 127. The first-order chi connectivity index (χ1) is 8.90. The summed E-state index contributed by atoms with van der Waals surface area (Å²) in [4.78, 5) is 12.1. The highest BCUT2D eigenvalue weighted by Crippen LogP contribution is 2.19. The van der Waals surface area contributed by atoms with Crippen LogP contribution in [-0.4, -0.2) is 11.9 Å². The molecular formula is C15H23IN2O. The first-order valence-electron chi connectivity index (χ1n) is 6.72. The summed E-state index contributed by atoms with van der Waals surface area (Å²) in [5, 5.41) is 3.00. The van der Waals surface area contributed by atoms with E-state index in [-0.39, 0.29) is 17.9 Å². The lowest BCUT2D eigenvalue weighted by Crippen LogP contribution is -2.22. The average molecular weight is 374 g/mol. The molecule has 0 aliphatic rings. The second-order valence-corrected chi connectivity index (χ2v) is 6.50. The Morgan fingerprint density at radius 2 is 2.05 bits per heavy atom. The molecule has 106 valence electrons. The molecule has 1 aromatic carbocycles. The largest absolute Gasteiger partial charge is 0.328 e. The summed E-state index contributed by atoms with van der Waals surface area (Å²) in [6.07, 6.45) is 2.86. The second-order valence-electron chi connectivity index (χ2n) is 5.26. The minimum absolute atomic E-state index is 0.0254. The second kappa shape index (κ2) is 7.85. The summed E-state index contributed by atoms with van der Waals surface area (Å²) < 4.78 is 1.18. The van der Waals surface area contributed by atoms with Crippen molar-refractivity contribution in [1.82, 2.24) is 0 Å². The number of benzene rings is 1. The van der Waals surface area contributed by atoms with Crippen LogP contribution in [0.1, 0.15) is 38.7 Å². The highest BCUT2D eigenvalue weighted by molar-refractivity contribution is 14.1. The minimum Gasteiger partial charge on any atom is -0.328 e. The van der Waals surface area contributed by atoms with Crippen LogP contribution in [0.25, 0.3) is 0 Å². The number of carbonyl (C=O) groups is 1. The monoisotopic (exact) mass is 374 g/mol. The van der Waals surface area contributed by atoms with Gasteiger partial charge >= 0.3 is 0 Å². The summed E-state index contributed by atoms with van der Waals surface area (Å²) in [5.74, 6) is 0.117. The van der Waals surface area contributed by atoms with E-state index in [9.17, 15) is 4.79 Å². The zero-order chi connectivity index (χ0) is 14.4. The zero-order valence-electron chi connectivity index (χ0n) is 11.9. The van der Waals surface area contributed by atoms with Gasteiger partial charge in [0.25, 0.3) is 0 Å². The predicted molar refractivity (Wildman–Crippen MR) is 89.2 cm³/mol. The third-order valence-electron chi connectivity index (χ3n) is 3.19. The number of amides is 1. The fraction of sp³-hybridized carbons (Fsp3) is 0.533. The number of hydrogen-bond donors (Lipinski definition) is 2. The summed E-state index contributed by atoms with van der Waals surface area (Å²) in [6.45, 7) is 5.98. The maximum atomic E-state index is 12.1. The first kappa shape index (κ1) is 16.4. The van der Waals surface area contributed by atoms with Crippen molar-refractivity contribution >= 4 is 34.2 Å². The van der Waals surface area contributed by atoms with Crippen LogP contribution in [0, 0.1) is 16.4 Å². The first-order valence-corrected chi connectivity index (χ1v) is 7.80. The number of rotatable bonds is 6. The Labute approximate surface area is 129 Å². The Balaban J connectivity index is 2.49. The van der Waals surface area contributed by atoms with Gasteiger partial charge in [-0.25, -0.2) is 0 Å².